The minimum Gasteiger partial charge on any atom is -0.353 e. The summed E-state index contributed by atoms with van der Waals surface area (Å²) in [6, 6.07) is 12.0. The molecular formula is C19H20F2N2S. The number of nitrogens with one attached hydrogen (secondary N) is 2. The van der Waals surface area contributed by atoms with Gasteiger partial charge in [-0.05, 0) is 55.2 Å². The van der Waals surface area contributed by atoms with Crippen LogP contribution in [0.5, 0.6) is 0 Å². The molecule has 3 rings (SSSR count). The summed E-state index contributed by atoms with van der Waals surface area (Å²) in [5.74, 6) is -1.76. The van der Waals surface area contributed by atoms with Gasteiger partial charge in [0, 0.05) is 11.8 Å². The average Bonchev–Trinajstić information content (AvgIpc) is 3.00. The smallest absolute Gasteiger partial charge is 0.171 e. The molecule has 0 bridgehead atoms. The monoisotopic (exact) mass is 346 g/mol. The molecule has 24 heavy (non-hydrogen) atoms. The highest BCUT2D eigenvalue weighted by Crippen LogP contribution is 2.40. The summed E-state index contributed by atoms with van der Waals surface area (Å²) in [7, 11) is 0. The van der Waals surface area contributed by atoms with E-state index in [4.69, 9.17) is 12.2 Å². The van der Waals surface area contributed by atoms with Gasteiger partial charge in [-0.1, -0.05) is 37.1 Å². The highest BCUT2D eigenvalue weighted by molar-refractivity contribution is 7.80. The number of aryl methyl sites for hydroxylation is 1. The quantitative estimate of drug-likeness (QED) is 0.762. The molecule has 0 saturated heterocycles. The molecule has 0 heterocycles. The van der Waals surface area contributed by atoms with E-state index in [1.54, 1.807) is 0 Å². The third kappa shape index (κ3) is 3.41. The van der Waals surface area contributed by atoms with Crippen LogP contribution in [0, 0.1) is 18.6 Å². The lowest BCUT2D eigenvalue weighted by molar-refractivity contribution is 0.406. The second-order valence-corrected chi connectivity index (χ2v) is 6.72. The van der Waals surface area contributed by atoms with E-state index in [1.807, 2.05) is 12.1 Å². The normalized spacial score (nSPS) is 16.0. The minimum atomic E-state index is -0.891. The Bertz CT molecular complexity index is 755. The molecule has 0 aromatic heterocycles. The van der Waals surface area contributed by atoms with E-state index in [0.29, 0.717) is 10.8 Å². The van der Waals surface area contributed by atoms with Crippen LogP contribution in [0.1, 0.15) is 36.8 Å². The van der Waals surface area contributed by atoms with Crippen LogP contribution in [-0.4, -0.2) is 5.11 Å². The van der Waals surface area contributed by atoms with Crippen molar-refractivity contribution in [2.24, 2.45) is 0 Å². The van der Waals surface area contributed by atoms with Crippen molar-refractivity contribution in [3.63, 3.8) is 0 Å². The SMILES string of the molecule is Cc1ccccc1C1(NC(=S)Nc2ccc(F)c(F)c2)CCCC1. The molecule has 0 amide bonds. The second kappa shape index (κ2) is 6.85. The van der Waals surface area contributed by atoms with Crippen LogP contribution in [-0.2, 0) is 5.54 Å². The van der Waals surface area contributed by atoms with Gasteiger partial charge in [0.2, 0.25) is 0 Å². The van der Waals surface area contributed by atoms with Crippen LogP contribution in [0.25, 0.3) is 0 Å². The maximum Gasteiger partial charge on any atom is 0.171 e. The van der Waals surface area contributed by atoms with Crippen LogP contribution >= 0.6 is 12.2 Å². The van der Waals surface area contributed by atoms with E-state index in [-0.39, 0.29) is 5.54 Å². The van der Waals surface area contributed by atoms with E-state index < -0.39 is 11.6 Å². The summed E-state index contributed by atoms with van der Waals surface area (Å²) in [6.45, 7) is 2.10. The van der Waals surface area contributed by atoms with Gasteiger partial charge in [0.15, 0.2) is 16.7 Å². The Labute approximate surface area is 146 Å². The zero-order chi connectivity index (χ0) is 17.2. The lowest BCUT2D eigenvalue weighted by Gasteiger charge is -2.33. The van der Waals surface area contributed by atoms with E-state index in [1.165, 1.54) is 17.2 Å². The van der Waals surface area contributed by atoms with Gasteiger partial charge in [-0.2, -0.15) is 0 Å². The van der Waals surface area contributed by atoms with Gasteiger partial charge < -0.3 is 10.6 Å². The molecule has 1 aliphatic rings. The summed E-state index contributed by atoms with van der Waals surface area (Å²) in [6.07, 6.45) is 4.26. The largest absolute Gasteiger partial charge is 0.353 e. The molecule has 1 aliphatic carbocycles. The van der Waals surface area contributed by atoms with Crippen LogP contribution in [0.15, 0.2) is 42.5 Å². The molecule has 0 unspecified atom stereocenters. The second-order valence-electron chi connectivity index (χ2n) is 6.31. The molecule has 2 N–H and O–H groups in total. The molecule has 5 heteroatoms. The summed E-state index contributed by atoms with van der Waals surface area (Å²) in [4.78, 5) is 0. The van der Waals surface area contributed by atoms with Gasteiger partial charge in [0.1, 0.15) is 0 Å². The summed E-state index contributed by atoms with van der Waals surface area (Å²) < 4.78 is 26.4. The molecule has 0 atom stereocenters. The standard InChI is InChI=1S/C19H20F2N2S/c1-13-6-2-3-7-15(13)19(10-4-5-11-19)23-18(24)22-14-8-9-16(20)17(21)12-14/h2-3,6-9,12H,4-5,10-11H2,1H3,(H2,22,23,24). The molecule has 126 valence electrons. The number of halogens is 2. The zero-order valence-corrected chi connectivity index (χ0v) is 14.4. The first-order chi connectivity index (χ1) is 11.5. The van der Waals surface area contributed by atoms with Crippen molar-refractivity contribution in [3.8, 4) is 0 Å². The highest BCUT2D eigenvalue weighted by Gasteiger charge is 2.37. The molecule has 1 fully saturated rings. The van der Waals surface area contributed by atoms with Gasteiger partial charge >= 0.3 is 0 Å². The predicted octanol–water partition coefficient (Wildman–Crippen LogP) is 5.03. The maximum atomic E-state index is 13.3. The molecule has 0 spiro atoms. The van der Waals surface area contributed by atoms with Gasteiger partial charge in [0.25, 0.3) is 0 Å². The third-order valence-electron chi connectivity index (χ3n) is 4.65. The van der Waals surface area contributed by atoms with Crippen LogP contribution in [0.2, 0.25) is 0 Å². The first-order valence-electron chi connectivity index (χ1n) is 8.10. The number of hydrogen-bond donors (Lipinski definition) is 2. The van der Waals surface area contributed by atoms with Crippen LogP contribution in [0.3, 0.4) is 0 Å². The van der Waals surface area contributed by atoms with Crippen molar-refractivity contribution in [1.82, 2.24) is 5.32 Å². The Morgan fingerprint density at radius 3 is 2.42 bits per heavy atom. The lowest BCUT2D eigenvalue weighted by Crippen LogP contribution is -2.46. The minimum absolute atomic E-state index is 0.200. The number of thiocarbonyl (C=S) groups is 1. The van der Waals surface area contributed by atoms with Gasteiger partial charge in [-0.25, -0.2) is 8.78 Å². The average molecular weight is 346 g/mol. The number of benzene rings is 2. The fraction of sp³-hybridized carbons (Fsp3) is 0.316. The number of rotatable bonds is 3. The summed E-state index contributed by atoms with van der Waals surface area (Å²) in [5, 5.41) is 6.82. The number of anilines is 1. The molecule has 2 aromatic carbocycles. The van der Waals surface area contributed by atoms with Crippen molar-refractivity contribution in [3.05, 3.63) is 65.2 Å². The first kappa shape index (κ1) is 16.8. The Kier molecular flexibility index (Phi) is 4.81. The van der Waals surface area contributed by atoms with E-state index >= 15 is 0 Å². The summed E-state index contributed by atoms with van der Waals surface area (Å²) >= 11 is 5.43. The van der Waals surface area contributed by atoms with Crippen molar-refractivity contribution >= 4 is 23.0 Å². The third-order valence-corrected chi connectivity index (χ3v) is 4.85. The van der Waals surface area contributed by atoms with Crippen molar-refractivity contribution in [1.29, 1.82) is 0 Å². The Balaban J connectivity index is 1.80. The van der Waals surface area contributed by atoms with Crippen LogP contribution < -0.4 is 10.6 Å². The van der Waals surface area contributed by atoms with E-state index in [2.05, 4.69) is 29.7 Å². The topological polar surface area (TPSA) is 24.1 Å². The zero-order valence-electron chi connectivity index (χ0n) is 13.5. The van der Waals surface area contributed by atoms with Crippen molar-refractivity contribution < 1.29 is 8.78 Å². The predicted molar refractivity (Wildman–Crippen MR) is 97.0 cm³/mol. The Morgan fingerprint density at radius 1 is 1.04 bits per heavy atom. The van der Waals surface area contributed by atoms with E-state index in [9.17, 15) is 8.78 Å². The lowest BCUT2D eigenvalue weighted by atomic mass is 9.85. The molecule has 2 aromatic rings. The fourth-order valence-corrected chi connectivity index (χ4v) is 3.82. The van der Waals surface area contributed by atoms with Gasteiger partial charge in [-0.3, -0.25) is 0 Å². The van der Waals surface area contributed by atoms with Crippen LogP contribution in [0.4, 0.5) is 14.5 Å². The summed E-state index contributed by atoms with van der Waals surface area (Å²) in [5.41, 5.74) is 2.71. The number of hydrogen-bond acceptors (Lipinski definition) is 1. The van der Waals surface area contributed by atoms with Crippen molar-refractivity contribution in [2.75, 3.05) is 5.32 Å². The Morgan fingerprint density at radius 2 is 1.75 bits per heavy atom. The van der Waals surface area contributed by atoms with Gasteiger partial charge in [0.05, 0.1) is 5.54 Å². The Hall–Kier alpha value is -2.01. The maximum absolute atomic E-state index is 13.3. The molecular weight excluding hydrogens is 326 g/mol. The van der Waals surface area contributed by atoms with E-state index in [0.717, 1.165) is 37.8 Å². The highest BCUT2D eigenvalue weighted by atomic mass is 32.1. The first-order valence-corrected chi connectivity index (χ1v) is 8.51. The molecule has 0 aliphatic heterocycles. The molecule has 2 nitrogen and oxygen atoms in total. The van der Waals surface area contributed by atoms with Gasteiger partial charge in [-0.15, -0.1) is 0 Å². The fourth-order valence-electron chi connectivity index (χ4n) is 3.50. The van der Waals surface area contributed by atoms with Crippen molar-refractivity contribution in [2.45, 2.75) is 38.1 Å². The molecule has 1 saturated carbocycles. The molecule has 0 radical (unpaired) electrons.